The lowest BCUT2D eigenvalue weighted by molar-refractivity contribution is 0.0726. The first-order chi connectivity index (χ1) is 10.7. The summed E-state index contributed by atoms with van der Waals surface area (Å²) in [6.45, 7) is 0. The second kappa shape index (κ2) is 7.12. The minimum Gasteiger partial charge on any atom is -0.496 e. The highest BCUT2D eigenvalue weighted by molar-refractivity contribution is 5.94. The van der Waals surface area contributed by atoms with Gasteiger partial charge in [-0.1, -0.05) is 17.3 Å². The van der Waals surface area contributed by atoms with E-state index in [9.17, 15) is 4.79 Å². The van der Waals surface area contributed by atoms with E-state index in [0.29, 0.717) is 22.6 Å². The molecule has 0 aliphatic carbocycles. The molecule has 0 saturated heterocycles. The minimum absolute atomic E-state index is 0.258. The van der Waals surface area contributed by atoms with Gasteiger partial charge in [-0.3, -0.25) is 0 Å². The first kappa shape index (κ1) is 15.4. The molecule has 2 aromatic carbocycles. The third-order valence-electron chi connectivity index (χ3n) is 2.92. The summed E-state index contributed by atoms with van der Waals surface area (Å²) in [5, 5.41) is 11.5. The Morgan fingerprint density at radius 2 is 1.77 bits per heavy atom. The number of rotatable bonds is 5. The zero-order chi connectivity index (χ0) is 15.9. The summed E-state index contributed by atoms with van der Waals surface area (Å²) in [7, 11) is 2.94. The first-order valence-electron chi connectivity index (χ1n) is 6.40. The normalized spacial score (nSPS) is 10.5. The average Bonchev–Trinajstić information content (AvgIpc) is 2.56. The van der Waals surface area contributed by atoms with Gasteiger partial charge in [-0.2, -0.15) is 0 Å². The smallest absolute Gasteiger partial charge is 0.347 e. The summed E-state index contributed by atoms with van der Waals surface area (Å²) < 4.78 is 15.7. The molecule has 0 fully saturated rings. The van der Waals surface area contributed by atoms with Gasteiger partial charge in [-0.25, -0.2) is 4.79 Å². The van der Waals surface area contributed by atoms with E-state index >= 15 is 0 Å². The van der Waals surface area contributed by atoms with Crippen molar-refractivity contribution in [3.8, 4) is 17.2 Å². The van der Waals surface area contributed by atoms with Gasteiger partial charge in [0.2, 0.25) is 0 Å². The Labute approximate surface area is 127 Å². The Balaban J connectivity index is 2.28. The Morgan fingerprint density at radius 1 is 1.05 bits per heavy atom. The van der Waals surface area contributed by atoms with Crippen LogP contribution in [0.5, 0.6) is 17.2 Å². The summed E-state index contributed by atoms with van der Waals surface area (Å²) >= 11 is 0. The summed E-state index contributed by atoms with van der Waals surface area (Å²) in [6.07, 6.45) is 1.24. The number of benzene rings is 2. The van der Waals surface area contributed by atoms with Crippen LogP contribution in [0.2, 0.25) is 0 Å². The molecule has 2 rings (SSSR count). The van der Waals surface area contributed by atoms with Gasteiger partial charge in [0.1, 0.15) is 11.3 Å². The van der Waals surface area contributed by atoms with E-state index in [4.69, 9.17) is 19.4 Å². The molecule has 0 heterocycles. The van der Waals surface area contributed by atoms with E-state index in [-0.39, 0.29) is 5.75 Å². The molecule has 114 valence electrons. The van der Waals surface area contributed by atoms with Crippen LogP contribution in [0.3, 0.4) is 0 Å². The highest BCUT2D eigenvalue weighted by atomic mass is 16.6. The highest BCUT2D eigenvalue weighted by Crippen LogP contribution is 2.29. The van der Waals surface area contributed by atoms with Crippen LogP contribution in [0.15, 0.2) is 47.6 Å². The molecule has 0 aliphatic heterocycles. The Hall–Kier alpha value is -3.02. The molecular formula is C16H15NO5. The van der Waals surface area contributed by atoms with Gasteiger partial charge in [0.15, 0.2) is 11.5 Å². The van der Waals surface area contributed by atoms with E-state index < -0.39 is 5.97 Å². The van der Waals surface area contributed by atoms with Crippen molar-refractivity contribution in [2.24, 2.45) is 5.16 Å². The van der Waals surface area contributed by atoms with Gasteiger partial charge in [-0.05, 0) is 30.3 Å². The van der Waals surface area contributed by atoms with E-state index in [1.165, 1.54) is 20.4 Å². The van der Waals surface area contributed by atoms with Crippen molar-refractivity contribution in [1.82, 2.24) is 0 Å². The molecule has 22 heavy (non-hydrogen) atoms. The number of hydrogen-bond acceptors (Lipinski definition) is 6. The van der Waals surface area contributed by atoms with Crippen LogP contribution in [-0.4, -0.2) is 31.6 Å². The van der Waals surface area contributed by atoms with Crippen LogP contribution in [0, 0.1) is 0 Å². The number of oxime groups is 1. The standard InChI is InChI=1S/C16H15NO5/c1-20-13-6-4-3-5-12(13)16(18)22-14-8-7-11(10-17-19)9-15(14)21-2/h3-10,19H,1-2H3/b17-10+. The number of nitrogens with zero attached hydrogens (tertiary/aromatic N) is 1. The van der Waals surface area contributed by atoms with E-state index in [1.807, 2.05) is 0 Å². The van der Waals surface area contributed by atoms with Crippen LogP contribution < -0.4 is 14.2 Å². The molecule has 0 saturated carbocycles. The highest BCUT2D eigenvalue weighted by Gasteiger charge is 2.16. The zero-order valence-electron chi connectivity index (χ0n) is 12.1. The van der Waals surface area contributed by atoms with Gasteiger partial charge in [0.25, 0.3) is 0 Å². The van der Waals surface area contributed by atoms with Crippen molar-refractivity contribution in [3.63, 3.8) is 0 Å². The number of methoxy groups -OCH3 is 2. The summed E-state index contributed by atoms with van der Waals surface area (Å²) in [4.78, 5) is 12.2. The molecule has 6 nitrogen and oxygen atoms in total. The fourth-order valence-corrected chi connectivity index (χ4v) is 1.88. The van der Waals surface area contributed by atoms with Crippen molar-refractivity contribution in [1.29, 1.82) is 0 Å². The SMILES string of the molecule is COc1cc(/C=N/O)ccc1OC(=O)c1ccccc1OC. The molecular weight excluding hydrogens is 286 g/mol. The second-order valence-electron chi connectivity index (χ2n) is 4.24. The number of esters is 1. The number of carbonyl (C=O) groups excluding carboxylic acids is 1. The quantitative estimate of drug-likeness (QED) is 0.302. The fraction of sp³-hybridized carbons (Fsp3) is 0.125. The molecule has 6 heteroatoms. The molecule has 0 spiro atoms. The lowest BCUT2D eigenvalue weighted by Crippen LogP contribution is -2.10. The molecule has 0 bridgehead atoms. The molecule has 1 N–H and O–H groups in total. The van der Waals surface area contributed by atoms with Crippen LogP contribution in [-0.2, 0) is 0 Å². The Kier molecular flexibility index (Phi) is 4.98. The van der Waals surface area contributed by atoms with Gasteiger partial charge in [0, 0.05) is 5.56 Å². The predicted octanol–water partition coefficient (Wildman–Crippen LogP) is 2.73. The monoisotopic (exact) mass is 301 g/mol. The molecule has 0 amide bonds. The second-order valence-corrected chi connectivity index (χ2v) is 4.24. The topological polar surface area (TPSA) is 77.4 Å². The Bertz CT molecular complexity index is 697. The van der Waals surface area contributed by atoms with Crippen molar-refractivity contribution >= 4 is 12.2 Å². The van der Waals surface area contributed by atoms with E-state index in [2.05, 4.69) is 5.16 Å². The number of ether oxygens (including phenoxy) is 3. The molecule has 0 unspecified atom stereocenters. The predicted molar refractivity (Wildman–Crippen MR) is 80.3 cm³/mol. The molecule has 0 radical (unpaired) electrons. The summed E-state index contributed by atoms with van der Waals surface area (Å²) in [5.74, 6) is 0.476. The maximum absolute atomic E-state index is 12.2. The van der Waals surface area contributed by atoms with E-state index in [1.54, 1.807) is 42.5 Å². The van der Waals surface area contributed by atoms with Crippen molar-refractivity contribution in [2.75, 3.05) is 14.2 Å². The van der Waals surface area contributed by atoms with Gasteiger partial charge < -0.3 is 19.4 Å². The first-order valence-corrected chi connectivity index (χ1v) is 6.40. The van der Waals surface area contributed by atoms with Crippen molar-refractivity contribution < 1.29 is 24.2 Å². The lowest BCUT2D eigenvalue weighted by atomic mass is 10.2. The fourth-order valence-electron chi connectivity index (χ4n) is 1.88. The third kappa shape index (κ3) is 3.35. The zero-order valence-corrected chi connectivity index (χ0v) is 12.1. The molecule has 0 atom stereocenters. The van der Waals surface area contributed by atoms with Crippen molar-refractivity contribution in [2.45, 2.75) is 0 Å². The van der Waals surface area contributed by atoms with E-state index in [0.717, 1.165) is 0 Å². The maximum atomic E-state index is 12.2. The number of carbonyl (C=O) groups is 1. The molecule has 0 aliphatic rings. The van der Waals surface area contributed by atoms with Crippen LogP contribution in [0.25, 0.3) is 0 Å². The average molecular weight is 301 g/mol. The van der Waals surface area contributed by atoms with Crippen LogP contribution >= 0.6 is 0 Å². The number of para-hydroxylation sites is 1. The molecule has 0 aromatic heterocycles. The van der Waals surface area contributed by atoms with Gasteiger partial charge >= 0.3 is 5.97 Å². The number of hydrogen-bond donors (Lipinski definition) is 1. The summed E-state index contributed by atoms with van der Waals surface area (Å²) in [5.41, 5.74) is 0.921. The largest absolute Gasteiger partial charge is 0.496 e. The van der Waals surface area contributed by atoms with Gasteiger partial charge in [-0.15, -0.1) is 0 Å². The third-order valence-corrected chi connectivity index (χ3v) is 2.92. The van der Waals surface area contributed by atoms with Crippen LogP contribution in [0.4, 0.5) is 0 Å². The minimum atomic E-state index is -0.556. The maximum Gasteiger partial charge on any atom is 0.347 e. The summed E-state index contributed by atoms with van der Waals surface area (Å²) in [6, 6.07) is 11.5. The molecule has 2 aromatic rings. The Morgan fingerprint density at radius 3 is 2.45 bits per heavy atom. The van der Waals surface area contributed by atoms with Crippen LogP contribution in [0.1, 0.15) is 15.9 Å². The van der Waals surface area contributed by atoms with Gasteiger partial charge in [0.05, 0.1) is 20.4 Å². The van der Waals surface area contributed by atoms with Crippen molar-refractivity contribution in [3.05, 3.63) is 53.6 Å². The lowest BCUT2D eigenvalue weighted by Gasteiger charge is -2.11.